The number of hydrogen-bond donors (Lipinski definition) is 3. The van der Waals surface area contributed by atoms with E-state index in [0.29, 0.717) is 30.9 Å². The molecule has 0 radical (unpaired) electrons. The monoisotopic (exact) mass is 228 g/mol. The summed E-state index contributed by atoms with van der Waals surface area (Å²) in [5.74, 6) is -0.336. The van der Waals surface area contributed by atoms with Crippen LogP contribution in [0.4, 0.5) is 10.1 Å². The van der Waals surface area contributed by atoms with Crippen molar-refractivity contribution in [2.45, 2.75) is 6.54 Å². The molecule has 0 unspecified atom stereocenters. The number of anilines is 1. The van der Waals surface area contributed by atoms with Gasteiger partial charge in [-0.3, -0.25) is 4.90 Å². The molecule has 0 aromatic heterocycles. The van der Waals surface area contributed by atoms with Crippen molar-refractivity contribution in [3.8, 4) is 0 Å². The Morgan fingerprint density at radius 1 is 1.19 bits per heavy atom. The van der Waals surface area contributed by atoms with Gasteiger partial charge in [-0.15, -0.1) is 0 Å². The van der Waals surface area contributed by atoms with E-state index in [4.69, 9.17) is 15.9 Å². The first-order valence-corrected chi connectivity index (χ1v) is 5.15. The summed E-state index contributed by atoms with van der Waals surface area (Å²) in [4.78, 5) is 1.81. The van der Waals surface area contributed by atoms with Crippen molar-refractivity contribution in [1.29, 1.82) is 0 Å². The summed E-state index contributed by atoms with van der Waals surface area (Å²) in [6.45, 7) is 1.27. The fourth-order valence-corrected chi connectivity index (χ4v) is 1.50. The van der Waals surface area contributed by atoms with Crippen LogP contribution in [0.1, 0.15) is 5.56 Å². The Labute approximate surface area is 94.1 Å². The van der Waals surface area contributed by atoms with Gasteiger partial charge in [0.15, 0.2) is 0 Å². The van der Waals surface area contributed by atoms with Crippen molar-refractivity contribution in [1.82, 2.24) is 4.90 Å². The van der Waals surface area contributed by atoms with Gasteiger partial charge in [0.1, 0.15) is 5.82 Å². The lowest BCUT2D eigenvalue weighted by molar-refractivity contribution is 0.156. The maximum Gasteiger partial charge on any atom is 0.123 e. The number of benzene rings is 1. The van der Waals surface area contributed by atoms with Crippen LogP contribution in [-0.4, -0.2) is 41.4 Å². The van der Waals surface area contributed by atoms with Crippen LogP contribution in [0.15, 0.2) is 18.2 Å². The molecule has 1 aromatic carbocycles. The number of rotatable bonds is 6. The highest BCUT2D eigenvalue weighted by Gasteiger charge is 2.08. The maximum atomic E-state index is 13.0. The number of nitrogen functional groups attached to an aromatic ring is 1. The summed E-state index contributed by atoms with van der Waals surface area (Å²) in [7, 11) is 0. The van der Waals surface area contributed by atoms with E-state index in [0.717, 1.165) is 0 Å². The molecule has 0 fully saturated rings. The molecule has 0 heterocycles. The van der Waals surface area contributed by atoms with Crippen LogP contribution in [0.5, 0.6) is 0 Å². The molecule has 0 saturated carbocycles. The van der Waals surface area contributed by atoms with E-state index in [2.05, 4.69) is 0 Å². The molecule has 0 saturated heterocycles. The second-order valence-corrected chi connectivity index (χ2v) is 3.57. The molecule has 0 spiro atoms. The summed E-state index contributed by atoms with van der Waals surface area (Å²) < 4.78 is 13.0. The third kappa shape index (κ3) is 3.77. The molecular formula is C11H17FN2O2. The van der Waals surface area contributed by atoms with Crippen LogP contribution >= 0.6 is 0 Å². The minimum absolute atomic E-state index is 0.00474. The number of aliphatic hydroxyl groups is 2. The van der Waals surface area contributed by atoms with Crippen LogP contribution in [0.3, 0.4) is 0 Å². The Bertz CT molecular complexity index is 328. The van der Waals surface area contributed by atoms with Crippen LogP contribution in [0.2, 0.25) is 0 Å². The molecule has 0 atom stereocenters. The molecule has 0 aliphatic heterocycles. The van der Waals surface area contributed by atoms with Gasteiger partial charge in [-0.2, -0.15) is 0 Å². The predicted octanol–water partition coefficient (Wildman–Crippen LogP) is 0.195. The van der Waals surface area contributed by atoms with E-state index >= 15 is 0 Å². The highest BCUT2D eigenvalue weighted by molar-refractivity contribution is 5.46. The van der Waals surface area contributed by atoms with Gasteiger partial charge in [-0.1, -0.05) is 0 Å². The molecule has 0 aliphatic rings. The largest absolute Gasteiger partial charge is 0.398 e. The fraction of sp³-hybridized carbons (Fsp3) is 0.455. The van der Waals surface area contributed by atoms with Gasteiger partial charge in [-0.25, -0.2) is 4.39 Å². The zero-order valence-corrected chi connectivity index (χ0v) is 9.06. The molecule has 0 aliphatic carbocycles. The number of nitrogens with zero attached hydrogens (tertiary/aromatic N) is 1. The molecular weight excluding hydrogens is 211 g/mol. The number of hydrogen-bond acceptors (Lipinski definition) is 4. The molecule has 16 heavy (non-hydrogen) atoms. The first kappa shape index (κ1) is 12.9. The van der Waals surface area contributed by atoms with E-state index in [1.807, 2.05) is 4.90 Å². The standard InChI is InChI=1S/C11H17FN2O2/c12-10-1-2-11(13)9(7-10)8-14(3-5-15)4-6-16/h1-2,7,15-16H,3-6,8,13H2. The minimum Gasteiger partial charge on any atom is -0.398 e. The Balaban J connectivity index is 2.71. The average molecular weight is 228 g/mol. The molecule has 4 nitrogen and oxygen atoms in total. The summed E-state index contributed by atoms with van der Waals surface area (Å²) in [5.41, 5.74) is 6.90. The SMILES string of the molecule is Nc1ccc(F)cc1CN(CCO)CCO. The van der Waals surface area contributed by atoms with E-state index in [1.54, 1.807) is 0 Å². The first-order chi connectivity index (χ1) is 7.67. The maximum absolute atomic E-state index is 13.0. The van der Waals surface area contributed by atoms with Gasteiger partial charge in [0.2, 0.25) is 0 Å². The Kier molecular flexibility index (Phi) is 5.18. The molecule has 0 bridgehead atoms. The van der Waals surface area contributed by atoms with E-state index in [9.17, 15) is 4.39 Å². The molecule has 0 amide bonds. The molecule has 4 N–H and O–H groups in total. The topological polar surface area (TPSA) is 69.7 Å². The van der Waals surface area contributed by atoms with Gasteiger partial charge in [0, 0.05) is 25.3 Å². The second-order valence-electron chi connectivity index (χ2n) is 3.57. The highest BCUT2D eigenvalue weighted by Crippen LogP contribution is 2.15. The smallest absolute Gasteiger partial charge is 0.123 e. The fourth-order valence-electron chi connectivity index (χ4n) is 1.50. The lowest BCUT2D eigenvalue weighted by Gasteiger charge is -2.20. The van der Waals surface area contributed by atoms with E-state index in [-0.39, 0.29) is 19.0 Å². The van der Waals surface area contributed by atoms with Crippen molar-refractivity contribution >= 4 is 5.69 Å². The Morgan fingerprint density at radius 2 is 1.81 bits per heavy atom. The van der Waals surface area contributed by atoms with Crippen LogP contribution in [0.25, 0.3) is 0 Å². The van der Waals surface area contributed by atoms with Crippen LogP contribution in [-0.2, 0) is 6.54 Å². The molecule has 1 rings (SSSR count). The van der Waals surface area contributed by atoms with E-state index < -0.39 is 0 Å². The normalized spacial score (nSPS) is 11.0. The first-order valence-electron chi connectivity index (χ1n) is 5.15. The summed E-state index contributed by atoms with van der Waals surface area (Å²) in [6.07, 6.45) is 0. The van der Waals surface area contributed by atoms with Gasteiger partial charge < -0.3 is 15.9 Å². The Morgan fingerprint density at radius 3 is 2.38 bits per heavy atom. The summed E-state index contributed by atoms with van der Waals surface area (Å²) in [6, 6.07) is 4.19. The van der Waals surface area contributed by atoms with Gasteiger partial charge >= 0.3 is 0 Å². The minimum atomic E-state index is -0.336. The quantitative estimate of drug-likeness (QED) is 0.608. The average Bonchev–Trinajstić information content (AvgIpc) is 2.24. The Hall–Kier alpha value is -1.17. The number of aliphatic hydroxyl groups excluding tert-OH is 2. The molecule has 1 aromatic rings. The third-order valence-electron chi connectivity index (χ3n) is 2.33. The van der Waals surface area contributed by atoms with Crippen LogP contribution in [0, 0.1) is 5.82 Å². The van der Waals surface area contributed by atoms with Crippen molar-refractivity contribution in [2.24, 2.45) is 0 Å². The predicted molar refractivity (Wildman–Crippen MR) is 60.3 cm³/mol. The van der Waals surface area contributed by atoms with Crippen molar-refractivity contribution in [2.75, 3.05) is 32.0 Å². The number of halogens is 1. The molecule has 5 heteroatoms. The third-order valence-corrected chi connectivity index (χ3v) is 2.33. The summed E-state index contributed by atoms with van der Waals surface area (Å²) in [5, 5.41) is 17.7. The van der Waals surface area contributed by atoms with Crippen molar-refractivity contribution in [3.63, 3.8) is 0 Å². The van der Waals surface area contributed by atoms with Gasteiger partial charge in [0.05, 0.1) is 13.2 Å². The van der Waals surface area contributed by atoms with Gasteiger partial charge in [-0.05, 0) is 23.8 Å². The van der Waals surface area contributed by atoms with Gasteiger partial charge in [0.25, 0.3) is 0 Å². The van der Waals surface area contributed by atoms with Crippen molar-refractivity contribution in [3.05, 3.63) is 29.6 Å². The van der Waals surface area contributed by atoms with Crippen molar-refractivity contribution < 1.29 is 14.6 Å². The summed E-state index contributed by atoms with van der Waals surface area (Å²) >= 11 is 0. The second kappa shape index (κ2) is 6.42. The zero-order chi connectivity index (χ0) is 12.0. The lowest BCUT2D eigenvalue weighted by Crippen LogP contribution is -2.29. The van der Waals surface area contributed by atoms with Crippen LogP contribution < -0.4 is 5.73 Å². The zero-order valence-electron chi connectivity index (χ0n) is 9.06. The molecule has 90 valence electrons. The lowest BCUT2D eigenvalue weighted by atomic mass is 10.1. The number of nitrogens with two attached hydrogens (primary N) is 1. The highest BCUT2D eigenvalue weighted by atomic mass is 19.1. The van der Waals surface area contributed by atoms with E-state index in [1.165, 1.54) is 18.2 Å².